The number of carbonyl (C=O) groups is 1. The third kappa shape index (κ3) is 3.84. The maximum Gasteiger partial charge on any atom is 0.315 e. The Hall–Kier alpha value is -2.37. The Morgan fingerprint density at radius 2 is 2.14 bits per heavy atom. The van der Waals surface area contributed by atoms with E-state index >= 15 is 0 Å². The van der Waals surface area contributed by atoms with Crippen LogP contribution in [0.2, 0.25) is 0 Å². The summed E-state index contributed by atoms with van der Waals surface area (Å²) in [5, 5.41) is 0. The maximum atomic E-state index is 12.3. The van der Waals surface area contributed by atoms with Crippen molar-refractivity contribution in [3.63, 3.8) is 0 Å². The average molecular weight is 302 g/mol. The van der Waals surface area contributed by atoms with Crippen LogP contribution >= 0.6 is 0 Å². The normalized spacial score (nSPS) is 12.4. The molecule has 2 rings (SSSR count). The lowest BCUT2D eigenvalue weighted by atomic mass is 9.97. The van der Waals surface area contributed by atoms with Crippen molar-refractivity contribution in [3.05, 3.63) is 42.1 Å². The van der Waals surface area contributed by atoms with Crippen LogP contribution in [0.4, 0.5) is 5.82 Å². The zero-order valence-corrected chi connectivity index (χ0v) is 13.2. The first-order valence-electron chi connectivity index (χ1n) is 7.41. The van der Waals surface area contributed by atoms with Crippen molar-refractivity contribution in [2.24, 2.45) is 0 Å². The van der Waals surface area contributed by atoms with Crippen molar-refractivity contribution < 1.29 is 9.53 Å². The number of esters is 1. The number of nitrogens with zero attached hydrogens (tertiary/aromatic N) is 3. The molecule has 1 unspecified atom stereocenters. The van der Waals surface area contributed by atoms with Crippen LogP contribution < -0.4 is 5.73 Å². The summed E-state index contributed by atoms with van der Waals surface area (Å²) in [7, 11) is 0. The number of anilines is 1. The van der Waals surface area contributed by atoms with E-state index in [1.165, 1.54) is 0 Å². The highest BCUT2D eigenvalue weighted by molar-refractivity contribution is 5.77. The van der Waals surface area contributed by atoms with E-state index in [0.717, 1.165) is 5.56 Å². The molecule has 6 heteroatoms. The minimum Gasteiger partial charge on any atom is -0.465 e. The SMILES string of the molecule is CCOC(=O)C(Cc1ccc(N)nc1)c1cn(C(C)C)cn1. The number of nitrogen functional groups attached to an aromatic ring is 1. The molecule has 2 aromatic heterocycles. The summed E-state index contributed by atoms with van der Waals surface area (Å²) in [5.41, 5.74) is 7.23. The van der Waals surface area contributed by atoms with E-state index in [9.17, 15) is 4.79 Å². The number of ether oxygens (including phenoxy) is 1. The summed E-state index contributed by atoms with van der Waals surface area (Å²) < 4.78 is 7.17. The molecule has 0 aromatic carbocycles. The molecule has 0 fully saturated rings. The molecule has 0 saturated heterocycles. The number of hydrogen-bond acceptors (Lipinski definition) is 5. The lowest BCUT2D eigenvalue weighted by Gasteiger charge is -2.14. The first kappa shape index (κ1) is 16.0. The van der Waals surface area contributed by atoms with Crippen molar-refractivity contribution in [2.75, 3.05) is 12.3 Å². The fraction of sp³-hybridized carbons (Fsp3) is 0.438. The van der Waals surface area contributed by atoms with E-state index in [4.69, 9.17) is 10.5 Å². The molecule has 2 aromatic rings. The molecule has 0 amide bonds. The van der Waals surface area contributed by atoms with Crippen molar-refractivity contribution in [1.82, 2.24) is 14.5 Å². The largest absolute Gasteiger partial charge is 0.465 e. The van der Waals surface area contributed by atoms with E-state index < -0.39 is 5.92 Å². The summed E-state index contributed by atoms with van der Waals surface area (Å²) >= 11 is 0. The van der Waals surface area contributed by atoms with E-state index in [2.05, 4.69) is 23.8 Å². The van der Waals surface area contributed by atoms with Crippen LogP contribution in [-0.2, 0) is 16.0 Å². The van der Waals surface area contributed by atoms with Gasteiger partial charge >= 0.3 is 5.97 Å². The third-order valence-electron chi connectivity index (χ3n) is 3.43. The number of hydrogen-bond donors (Lipinski definition) is 1. The number of nitrogens with two attached hydrogens (primary N) is 1. The quantitative estimate of drug-likeness (QED) is 0.828. The molecule has 0 spiro atoms. The van der Waals surface area contributed by atoms with Gasteiger partial charge in [0.25, 0.3) is 0 Å². The number of carbonyl (C=O) groups excluding carboxylic acids is 1. The van der Waals surface area contributed by atoms with Gasteiger partial charge in [0, 0.05) is 18.4 Å². The molecule has 2 N–H and O–H groups in total. The number of rotatable bonds is 6. The fourth-order valence-corrected chi connectivity index (χ4v) is 2.16. The first-order chi connectivity index (χ1) is 10.5. The Balaban J connectivity index is 2.25. The first-order valence-corrected chi connectivity index (χ1v) is 7.41. The monoisotopic (exact) mass is 302 g/mol. The zero-order valence-electron chi connectivity index (χ0n) is 13.2. The topological polar surface area (TPSA) is 83.0 Å². The van der Waals surface area contributed by atoms with Crippen molar-refractivity contribution in [2.45, 2.75) is 39.2 Å². The predicted octanol–water partition coefficient (Wildman–Crippen LogP) is 2.33. The molecule has 0 bridgehead atoms. The molecule has 0 aliphatic heterocycles. The summed E-state index contributed by atoms with van der Waals surface area (Å²) in [6.07, 6.45) is 5.81. The second-order valence-electron chi connectivity index (χ2n) is 5.44. The lowest BCUT2D eigenvalue weighted by Crippen LogP contribution is -2.19. The Morgan fingerprint density at radius 1 is 1.36 bits per heavy atom. The lowest BCUT2D eigenvalue weighted by molar-refractivity contribution is -0.145. The standard InChI is InChI=1S/C16H22N4O2/c1-4-22-16(21)13(7-12-5-6-15(17)18-8-12)14-9-20(10-19-14)11(2)3/h5-6,8-11,13H,4,7H2,1-3H3,(H2,17,18). The van der Waals surface area contributed by atoms with Crippen molar-refractivity contribution >= 4 is 11.8 Å². The van der Waals surface area contributed by atoms with Crippen LogP contribution in [0.15, 0.2) is 30.9 Å². The molecule has 2 heterocycles. The third-order valence-corrected chi connectivity index (χ3v) is 3.43. The molecular formula is C16H22N4O2. The maximum absolute atomic E-state index is 12.3. The molecule has 0 aliphatic carbocycles. The molecule has 1 atom stereocenters. The molecular weight excluding hydrogens is 280 g/mol. The summed E-state index contributed by atoms with van der Waals surface area (Å²) in [6, 6.07) is 3.89. The van der Waals surface area contributed by atoms with Crippen LogP contribution in [-0.4, -0.2) is 27.1 Å². The number of imidazole rings is 1. The minimum absolute atomic E-state index is 0.270. The number of aromatic nitrogens is 3. The van der Waals surface area contributed by atoms with Gasteiger partial charge in [-0.25, -0.2) is 9.97 Å². The zero-order chi connectivity index (χ0) is 16.1. The van der Waals surface area contributed by atoms with Gasteiger partial charge in [-0.2, -0.15) is 0 Å². The molecule has 0 aliphatic rings. The summed E-state index contributed by atoms with van der Waals surface area (Å²) in [5.74, 6) is -0.251. The highest BCUT2D eigenvalue weighted by Crippen LogP contribution is 2.22. The Kier molecular flexibility index (Phi) is 5.14. The van der Waals surface area contributed by atoms with Gasteiger partial charge in [-0.05, 0) is 38.8 Å². The van der Waals surface area contributed by atoms with Gasteiger partial charge in [0.05, 0.1) is 18.6 Å². The molecule has 0 radical (unpaired) electrons. The molecule has 6 nitrogen and oxygen atoms in total. The predicted molar refractivity (Wildman–Crippen MR) is 84.3 cm³/mol. The van der Waals surface area contributed by atoms with Crippen molar-refractivity contribution in [3.8, 4) is 0 Å². The smallest absolute Gasteiger partial charge is 0.315 e. The van der Waals surface area contributed by atoms with Crippen LogP contribution in [0, 0.1) is 0 Å². The van der Waals surface area contributed by atoms with Crippen LogP contribution in [0.5, 0.6) is 0 Å². The Bertz CT molecular complexity index is 619. The second kappa shape index (κ2) is 7.06. The fourth-order valence-electron chi connectivity index (χ4n) is 2.16. The highest BCUT2D eigenvalue weighted by atomic mass is 16.5. The summed E-state index contributed by atoms with van der Waals surface area (Å²) in [6.45, 7) is 6.27. The van der Waals surface area contributed by atoms with Gasteiger partial charge in [0.1, 0.15) is 11.7 Å². The Morgan fingerprint density at radius 3 is 2.68 bits per heavy atom. The van der Waals surface area contributed by atoms with Crippen molar-refractivity contribution in [1.29, 1.82) is 0 Å². The average Bonchev–Trinajstić information content (AvgIpc) is 2.96. The van der Waals surface area contributed by atoms with E-state index in [-0.39, 0.29) is 5.97 Å². The van der Waals surface area contributed by atoms with Gasteiger partial charge in [0.2, 0.25) is 0 Å². The van der Waals surface area contributed by atoms with Crippen LogP contribution in [0.3, 0.4) is 0 Å². The molecule has 22 heavy (non-hydrogen) atoms. The Labute approximate surface area is 130 Å². The minimum atomic E-state index is -0.439. The number of pyridine rings is 1. The second-order valence-corrected chi connectivity index (χ2v) is 5.44. The van der Waals surface area contributed by atoms with E-state index in [1.54, 1.807) is 25.5 Å². The van der Waals surface area contributed by atoms with Gasteiger partial charge in [-0.15, -0.1) is 0 Å². The van der Waals surface area contributed by atoms with E-state index in [0.29, 0.717) is 30.6 Å². The van der Waals surface area contributed by atoms with Gasteiger partial charge in [0.15, 0.2) is 0 Å². The van der Waals surface area contributed by atoms with Gasteiger partial charge < -0.3 is 15.0 Å². The van der Waals surface area contributed by atoms with Gasteiger partial charge in [-0.1, -0.05) is 6.07 Å². The molecule has 0 saturated carbocycles. The highest BCUT2D eigenvalue weighted by Gasteiger charge is 2.25. The molecule has 118 valence electrons. The summed E-state index contributed by atoms with van der Waals surface area (Å²) in [4.78, 5) is 20.7. The van der Waals surface area contributed by atoms with Crippen LogP contribution in [0.25, 0.3) is 0 Å². The van der Waals surface area contributed by atoms with Gasteiger partial charge in [-0.3, -0.25) is 4.79 Å². The van der Waals surface area contributed by atoms with Crippen LogP contribution in [0.1, 0.15) is 44.0 Å². The van der Waals surface area contributed by atoms with E-state index in [1.807, 2.05) is 16.8 Å².